The molecule has 6 nitrogen and oxygen atoms in total. The first-order valence-corrected chi connectivity index (χ1v) is 9.78. The van der Waals surface area contributed by atoms with Crippen LogP contribution in [-0.2, 0) is 21.4 Å². The Morgan fingerprint density at radius 3 is 2.97 bits per heavy atom. The fourth-order valence-electron chi connectivity index (χ4n) is 4.02. The minimum absolute atomic E-state index is 0.0434. The van der Waals surface area contributed by atoms with Crippen molar-refractivity contribution in [3.05, 3.63) is 64.2 Å². The summed E-state index contributed by atoms with van der Waals surface area (Å²) in [6.45, 7) is 2.80. The van der Waals surface area contributed by atoms with E-state index in [9.17, 15) is 9.18 Å². The predicted octanol–water partition coefficient (Wildman–Crippen LogP) is 3.26. The monoisotopic (exact) mass is 417 g/mol. The number of hydrogen-bond donors (Lipinski definition) is 1. The number of Topliss-reactive ketones (excluding diaryl/α,β-unsaturated/α-hetero) is 1. The third-order valence-electron chi connectivity index (χ3n) is 5.58. The summed E-state index contributed by atoms with van der Waals surface area (Å²) in [7, 11) is 0. The molecular formula is C21H21ClFN3O3. The molecule has 0 saturated carbocycles. The van der Waals surface area contributed by atoms with Gasteiger partial charge in [-0.25, -0.2) is 9.38 Å². The molecule has 1 saturated heterocycles. The Morgan fingerprint density at radius 2 is 2.21 bits per heavy atom. The van der Waals surface area contributed by atoms with E-state index in [1.807, 2.05) is 6.92 Å². The summed E-state index contributed by atoms with van der Waals surface area (Å²) < 4.78 is 26.2. The number of benzene rings is 1. The van der Waals surface area contributed by atoms with Gasteiger partial charge in [-0.1, -0.05) is 17.7 Å². The van der Waals surface area contributed by atoms with E-state index >= 15 is 0 Å². The lowest BCUT2D eigenvalue weighted by Crippen LogP contribution is -2.52. The second kappa shape index (κ2) is 7.72. The molecule has 0 spiro atoms. The first-order chi connectivity index (χ1) is 13.9. The molecule has 1 aromatic heterocycles. The van der Waals surface area contributed by atoms with Crippen molar-refractivity contribution in [3.8, 4) is 0 Å². The highest BCUT2D eigenvalue weighted by atomic mass is 35.5. The number of rotatable bonds is 4. The van der Waals surface area contributed by atoms with Crippen molar-refractivity contribution in [2.45, 2.75) is 31.4 Å². The highest BCUT2D eigenvalue weighted by molar-refractivity contribution is 6.30. The molecule has 0 amide bonds. The first-order valence-electron chi connectivity index (χ1n) is 9.40. The van der Waals surface area contributed by atoms with Crippen LogP contribution in [-0.4, -0.2) is 36.1 Å². The molecule has 2 N–H and O–H groups in total. The molecule has 29 heavy (non-hydrogen) atoms. The van der Waals surface area contributed by atoms with Gasteiger partial charge in [-0.15, -0.1) is 0 Å². The normalized spacial score (nSPS) is 26.2. The lowest BCUT2D eigenvalue weighted by atomic mass is 9.74. The molecule has 1 fully saturated rings. The third kappa shape index (κ3) is 3.84. The number of pyridine rings is 1. The summed E-state index contributed by atoms with van der Waals surface area (Å²) in [4.78, 5) is 21.1. The predicted molar refractivity (Wildman–Crippen MR) is 106 cm³/mol. The van der Waals surface area contributed by atoms with E-state index in [4.69, 9.17) is 26.8 Å². The topological polar surface area (TPSA) is 86.8 Å². The molecule has 0 bridgehead atoms. The van der Waals surface area contributed by atoms with Crippen LogP contribution in [0.15, 0.2) is 41.5 Å². The van der Waals surface area contributed by atoms with Gasteiger partial charge in [0.1, 0.15) is 17.6 Å². The zero-order valence-electron chi connectivity index (χ0n) is 15.9. The minimum atomic E-state index is -0.949. The zero-order chi connectivity index (χ0) is 20.6. The fraction of sp³-hybridized carbons (Fsp3) is 0.381. The maximum atomic E-state index is 14.9. The van der Waals surface area contributed by atoms with Crippen LogP contribution in [0.3, 0.4) is 0 Å². The zero-order valence-corrected chi connectivity index (χ0v) is 16.7. The highest BCUT2D eigenvalue weighted by Gasteiger charge is 2.48. The number of amidine groups is 1. The van der Waals surface area contributed by atoms with Crippen molar-refractivity contribution in [1.82, 2.24) is 4.98 Å². The van der Waals surface area contributed by atoms with E-state index in [0.717, 1.165) is 0 Å². The minimum Gasteiger partial charge on any atom is -0.462 e. The second-order valence-electron chi connectivity index (χ2n) is 7.50. The van der Waals surface area contributed by atoms with Crippen LogP contribution in [0.2, 0.25) is 5.02 Å². The van der Waals surface area contributed by atoms with Gasteiger partial charge in [0.25, 0.3) is 6.02 Å². The summed E-state index contributed by atoms with van der Waals surface area (Å²) in [6.07, 6.45) is 1.99. The maximum Gasteiger partial charge on any atom is 0.283 e. The number of aromatic nitrogens is 1. The molecular weight excluding hydrogens is 397 g/mol. The first kappa shape index (κ1) is 19.8. The summed E-state index contributed by atoms with van der Waals surface area (Å²) in [5.41, 5.74) is 6.30. The van der Waals surface area contributed by atoms with Crippen molar-refractivity contribution in [1.29, 1.82) is 0 Å². The van der Waals surface area contributed by atoms with Crippen molar-refractivity contribution >= 4 is 23.4 Å². The average molecular weight is 418 g/mol. The van der Waals surface area contributed by atoms with Crippen LogP contribution >= 0.6 is 11.6 Å². The summed E-state index contributed by atoms with van der Waals surface area (Å²) >= 11 is 5.83. The lowest BCUT2D eigenvalue weighted by molar-refractivity contribution is -0.0699. The van der Waals surface area contributed by atoms with Crippen LogP contribution in [0.4, 0.5) is 4.39 Å². The molecule has 152 valence electrons. The molecule has 0 radical (unpaired) electrons. The van der Waals surface area contributed by atoms with Crippen LogP contribution in [0, 0.1) is 11.7 Å². The number of ketones is 1. The van der Waals surface area contributed by atoms with Crippen LogP contribution in [0.5, 0.6) is 0 Å². The molecule has 2 aliphatic heterocycles. The smallest absolute Gasteiger partial charge is 0.283 e. The van der Waals surface area contributed by atoms with E-state index < -0.39 is 11.4 Å². The Hall–Kier alpha value is -2.51. The highest BCUT2D eigenvalue weighted by Crippen LogP contribution is 2.43. The number of ether oxygens (including phenoxy) is 2. The van der Waals surface area contributed by atoms with Gasteiger partial charge < -0.3 is 15.2 Å². The second-order valence-corrected chi connectivity index (χ2v) is 7.94. The van der Waals surface area contributed by atoms with Crippen molar-refractivity contribution in [2.24, 2.45) is 16.6 Å². The molecule has 2 aliphatic rings. The van der Waals surface area contributed by atoms with Gasteiger partial charge in [0.2, 0.25) is 0 Å². The molecule has 0 aliphatic carbocycles. The molecule has 3 atom stereocenters. The van der Waals surface area contributed by atoms with Gasteiger partial charge in [-0.3, -0.25) is 9.78 Å². The molecule has 2 aromatic rings. The number of halogens is 2. The van der Waals surface area contributed by atoms with Crippen LogP contribution in [0.25, 0.3) is 0 Å². The molecule has 2 unspecified atom stereocenters. The van der Waals surface area contributed by atoms with Gasteiger partial charge >= 0.3 is 0 Å². The Labute approximate surface area is 172 Å². The number of carbonyl (C=O) groups excluding carboxylic acids is 1. The van der Waals surface area contributed by atoms with E-state index in [1.54, 1.807) is 24.3 Å². The van der Waals surface area contributed by atoms with Gasteiger partial charge in [-0.05, 0) is 36.8 Å². The van der Waals surface area contributed by atoms with Crippen LogP contribution < -0.4 is 5.73 Å². The number of nitrogens with zero attached hydrogens (tertiary/aromatic N) is 2. The SMILES string of the molecule is C[C@]1(c2cc(CC(=O)c3ccc(Cl)cn3)ccc2F)N=C(N)OC2CCOCC21. The van der Waals surface area contributed by atoms with Gasteiger partial charge in [0.15, 0.2) is 5.78 Å². The third-order valence-corrected chi connectivity index (χ3v) is 5.81. The Balaban J connectivity index is 1.66. The largest absolute Gasteiger partial charge is 0.462 e. The van der Waals surface area contributed by atoms with Crippen molar-refractivity contribution in [2.75, 3.05) is 13.2 Å². The molecule has 1 aromatic carbocycles. The standard InChI is InChI=1S/C21H21ClFN3O3/c1-21(15-11-28-7-6-19(15)29-20(24)26-21)14-8-12(2-4-16(14)23)9-18(27)17-5-3-13(22)10-25-17/h2-5,8,10,15,19H,6-7,9,11H2,1H3,(H2,24,26)/t15?,19?,21-/m1/s1. The van der Waals surface area contributed by atoms with Gasteiger partial charge in [-0.2, -0.15) is 0 Å². The van der Waals surface area contributed by atoms with E-state index in [0.29, 0.717) is 41.5 Å². The fourth-order valence-corrected chi connectivity index (χ4v) is 4.14. The van der Waals surface area contributed by atoms with Crippen molar-refractivity contribution < 1.29 is 18.7 Å². The summed E-state index contributed by atoms with van der Waals surface area (Å²) in [6, 6.07) is 7.86. The maximum absolute atomic E-state index is 14.9. The number of aliphatic imine (C=N–C) groups is 1. The average Bonchev–Trinajstić information content (AvgIpc) is 2.69. The number of fused-ring (bicyclic) bond motifs is 1. The number of carbonyl (C=O) groups is 1. The van der Waals surface area contributed by atoms with E-state index in [1.165, 1.54) is 12.3 Å². The number of nitrogens with two attached hydrogens (primary N) is 1. The van der Waals surface area contributed by atoms with Gasteiger partial charge in [0.05, 0.1) is 23.8 Å². The molecule has 3 heterocycles. The Bertz CT molecular complexity index is 966. The van der Waals surface area contributed by atoms with Crippen LogP contribution in [0.1, 0.15) is 35.0 Å². The summed E-state index contributed by atoms with van der Waals surface area (Å²) in [5, 5.41) is 0.456. The van der Waals surface area contributed by atoms with E-state index in [2.05, 4.69) is 9.98 Å². The lowest BCUT2D eigenvalue weighted by Gasteiger charge is -2.45. The number of hydrogen-bond acceptors (Lipinski definition) is 6. The summed E-state index contributed by atoms with van der Waals surface area (Å²) in [5.74, 6) is -0.767. The Kier molecular flexibility index (Phi) is 5.27. The van der Waals surface area contributed by atoms with E-state index in [-0.39, 0.29) is 30.2 Å². The van der Waals surface area contributed by atoms with Gasteiger partial charge in [0, 0.05) is 30.5 Å². The van der Waals surface area contributed by atoms with Crippen molar-refractivity contribution in [3.63, 3.8) is 0 Å². The molecule has 8 heteroatoms. The molecule has 4 rings (SSSR count). The Morgan fingerprint density at radius 1 is 1.38 bits per heavy atom. The quantitative estimate of drug-likeness (QED) is 0.771.